The lowest BCUT2D eigenvalue weighted by molar-refractivity contribution is -0.117. The van der Waals surface area contributed by atoms with Gasteiger partial charge in [-0.05, 0) is 23.6 Å². The summed E-state index contributed by atoms with van der Waals surface area (Å²) in [6.07, 6.45) is 2.67. The van der Waals surface area contributed by atoms with E-state index in [1.54, 1.807) is 11.3 Å². The Kier molecular flexibility index (Phi) is 6.09. The van der Waals surface area contributed by atoms with Gasteiger partial charge in [-0.25, -0.2) is 0 Å². The van der Waals surface area contributed by atoms with Gasteiger partial charge in [-0.2, -0.15) is 0 Å². The first-order chi connectivity index (χ1) is 12.2. The fourth-order valence-electron chi connectivity index (χ4n) is 2.64. The fraction of sp³-hybridized carbons (Fsp3) is 0.316. The van der Waals surface area contributed by atoms with Gasteiger partial charge in [-0.3, -0.25) is 9.69 Å². The van der Waals surface area contributed by atoms with Crippen molar-refractivity contribution in [3.8, 4) is 11.5 Å². The lowest BCUT2D eigenvalue weighted by atomic mass is 10.2. The molecule has 0 bridgehead atoms. The van der Waals surface area contributed by atoms with Crippen LogP contribution in [0.2, 0.25) is 0 Å². The van der Waals surface area contributed by atoms with Crippen molar-refractivity contribution in [1.82, 2.24) is 4.90 Å². The average Bonchev–Trinajstić information content (AvgIpc) is 2.98. The van der Waals surface area contributed by atoms with Crippen LogP contribution in [0, 0.1) is 0 Å². The second-order valence-corrected chi connectivity index (χ2v) is 6.83. The van der Waals surface area contributed by atoms with Crippen molar-refractivity contribution in [2.75, 3.05) is 31.6 Å². The molecule has 1 amide bonds. The summed E-state index contributed by atoms with van der Waals surface area (Å²) in [6.45, 7) is 6.75. The molecular formula is C19H22N2O3S. The van der Waals surface area contributed by atoms with Crippen LogP contribution < -0.4 is 14.8 Å². The molecule has 6 heteroatoms. The summed E-state index contributed by atoms with van der Waals surface area (Å²) in [5.74, 6) is 1.34. The molecule has 0 aliphatic carbocycles. The van der Waals surface area contributed by atoms with Crippen LogP contribution in [0.5, 0.6) is 11.5 Å². The highest BCUT2D eigenvalue weighted by atomic mass is 32.1. The number of carbonyl (C=O) groups excluding carboxylic acids is 1. The van der Waals surface area contributed by atoms with Gasteiger partial charge in [0.15, 0.2) is 11.5 Å². The van der Waals surface area contributed by atoms with Crippen molar-refractivity contribution in [3.63, 3.8) is 0 Å². The second-order valence-electron chi connectivity index (χ2n) is 5.80. The molecule has 1 aliphatic rings. The van der Waals surface area contributed by atoms with Crippen molar-refractivity contribution < 1.29 is 14.3 Å². The van der Waals surface area contributed by atoms with Crippen molar-refractivity contribution in [2.24, 2.45) is 0 Å². The number of ether oxygens (including phenoxy) is 2. The molecule has 25 heavy (non-hydrogen) atoms. The number of hydrogen-bond acceptors (Lipinski definition) is 5. The van der Waals surface area contributed by atoms with Gasteiger partial charge in [-0.15, -0.1) is 17.9 Å². The maximum atomic E-state index is 12.4. The van der Waals surface area contributed by atoms with Gasteiger partial charge >= 0.3 is 0 Å². The number of amides is 1. The van der Waals surface area contributed by atoms with E-state index >= 15 is 0 Å². The first-order valence-corrected chi connectivity index (χ1v) is 9.17. The Balaban J connectivity index is 1.60. The van der Waals surface area contributed by atoms with Gasteiger partial charge in [0.2, 0.25) is 5.91 Å². The standard InChI is InChI=1S/C19H22N2O3S/c1-2-8-21(13-16-5-3-11-25-16)14-19(22)20-15-6-7-17-18(12-15)24-10-4-9-23-17/h2-3,5-7,11-12H,1,4,8-10,13-14H2,(H,20,22). The first kappa shape index (κ1) is 17.5. The summed E-state index contributed by atoms with van der Waals surface area (Å²) in [5, 5.41) is 4.97. The number of nitrogens with one attached hydrogen (secondary N) is 1. The summed E-state index contributed by atoms with van der Waals surface area (Å²) in [4.78, 5) is 15.7. The first-order valence-electron chi connectivity index (χ1n) is 8.30. The number of anilines is 1. The summed E-state index contributed by atoms with van der Waals surface area (Å²) < 4.78 is 11.3. The third-order valence-corrected chi connectivity index (χ3v) is 4.61. The van der Waals surface area contributed by atoms with E-state index in [0.717, 1.165) is 18.7 Å². The van der Waals surface area contributed by atoms with E-state index in [1.165, 1.54) is 4.88 Å². The van der Waals surface area contributed by atoms with Crippen LogP contribution in [0.25, 0.3) is 0 Å². The molecule has 2 heterocycles. The van der Waals surface area contributed by atoms with Gasteiger partial charge in [0.05, 0.1) is 19.8 Å². The van der Waals surface area contributed by atoms with E-state index < -0.39 is 0 Å². The van der Waals surface area contributed by atoms with Crippen LogP contribution in [-0.4, -0.2) is 37.1 Å². The summed E-state index contributed by atoms with van der Waals surface area (Å²) in [6, 6.07) is 9.58. The summed E-state index contributed by atoms with van der Waals surface area (Å²) >= 11 is 1.69. The Hall–Kier alpha value is -2.31. The third-order valence-electron chi connectivity index (χ3n) is 3.75. The number of benzene rings is 1. The van der Waals surface area contributed by atoms with Gasteiger partial charge < -0.3 is 14.8 Å². The van der Waals surface area contributed by atoms with E-state index in [1.807, 2.05) is 35.7 Å². The Morgan fingerprint density at radius 1 is 1.28 bits per heavy atom. The van der Waals surface area contributed by atoms with E-state index in [0.29, 0.717) is 37.7 Å². The zero-order valence-electron chi connectivity index (χ0n) is 14.1. The molecule has 0 unspecified atom stereocenters. The Bertz CT molecular complexity index is 715. The highest BCUT2D eigenvalue weighted by Gasteiger charge is 2.14. The van der Waals surface area contributed by atoms with Crippen molar-refractivity contribution in [1.29, 1.82) is 0 Å². The summed E-state index contributed by atoms with van der Waals surface area (Å²) in [7, 11) is 0. The topological polar surface area (TPSA) is 50.8 Å². The number of thiophene rings is 1. The van der Waals surface area contributed by atoms with Crippen molar-refractivity contribution in [3.05, 3.63) is 53.2 Å². The van der Waals surface area contributed by atoms with Crippen LogP contribution in [0.4, 0.5) is 5.69 Å². The van der Waals surface area contributed by atoms with Crippen LogP contribution in [0.15, 0.2) is 48.4 Å². The van der Waals surface area contributed by atoms with Crippen LogP contribution >= 0.6 is 11.3 Å². The molecule has 1 aliphatic heterocycles. The molecule has 0 saturated carbocycles. The average molecular weight is 358 g/mol. The van der Waals surface area contributed by atoms with Crippen molar-refractivity contribution in [2.45, 2.75) is 13.0 Å². The molecule has 1 aromatic heterocycles. The number of carbonyl (C=O) groups is 1. The number of hydrogen-bond donors (Lipinski definition) is 1. The molecule has 3 rings (SSSR count). The van der Waals surface area contributed by atoms with Gasteiger partial charge in [-0.1, -0.05) is 12.1 Å². The van der Waals surface area contributed by atoms with E-state index in [-0.39, 0.29) is 5.91 Å². The molecule has 0 atom stereocenters. The molecule has 132 valence electrons. The molecule has 2 aromatic rings. The molecule has 1 aromatic carbocycles. The minimum Gasteiger partial charge on any atom is -0.490 e. The summed E-state index contributed by atoms with van der Waals surface area (Å²) in [5.41, 5.74) is 0.712. The molecule has 0 radical (unpaired) electrons. The molecule has 0 spiro atoms. The van der Waals surface area contributed by atoms with Gasteiger partial charge in [0.1, 0.15) is 0 Å². The zero-order valence-corrected chi connectivity index (χ0v) is 14.9. The quantitative estimate of drug-likeness (QED) is 0.769. The number of fused-ring (bicyclic) bond motifs is 1. The maximum Gasteiger partial charge on any atom is 0.238 e. The highest BCUT2D eigenvalue weighted by Crippen LogP contribution is 2.32. The Labute approximate surface area is 151 Å². The van der Waals surface area contributed by atoms with Crippen molar-refractivity contribution >= 4 is 22.9 Å². The predicted octanol–water partition coefficient (Wildman–Crippen LogP) is 3.54. The SMILES string of the molecule is C=CCN(CC(=O)Nc1ccc2c(c1)OCCCO2)Cc1cccs1. The third kappa shape index (κ3) is 5.08. The Morgan fingerprint density at radius 2 is 2.12 bits per heavy atom. The largest absolute Gasteiger partial charge is 0.490 e. The number of rotatable bonds is 7. The number of nitrogens with zero attached hydrogens (tertiary/aromatic N) is 1. The normalized spacial score (nSPS) is 13.3. The van der Waals surface area contributed by atoms with E-state index in [4.69, 9.17) is 9.47 Å². The van der Waals surface area contributed by atoms with Crippen LogP contribution in [0.1, 0.15) is 11.3 Å². The monoisotopic (exact) mass is 358 g/mol. The van der Waals surface area contributed by atoms with Gasteiger partial charge in [0.25, 0.3) is 0 Å². The minimum absolute atomic E-state index is 0.0621. The van der Waals surface area contributed by atoms with Gasteiger partial charge in [0, 0.05) is 36.1 Å². The smallest absolute Gasteiger partial charge is 0.238 e. The lowest BCUT2D eigenvalue weighted by Gasteiger charge is -2.19. The maximum absolute atomic E-state index is 12.4. The molecule has 1 N–H and O–H groups in total. The van der Waals surface area contributed by atoms with E-state index in [2.05, 4.69) is 22.9 Å². The van der Waals surface area contributed by atoms with Crippen LogP contribution in [0.3, 0.4) is 0 Å². The fourth-order valence-corrected chi connectivity index (χ4v) is 3.38. The predicted molar refractivity (Wildman–Crippen MR) is 100 cm³/mol. The molecular weight excluding hydrogens is 336 g/mol. The second kappa shape index (κ2) is 8.69. The zero-order chi connectivity index (χ0) is 17.5. The molecule has 5 nitrogen and oxygen atoms in total. The minimum atomic E-state index is -0.0621. The van der Waals surface area contributed by atoms with E-state index in [9.17, 15) is 4.79 Å². The highest BCUT2D eigenvalue weighted by molar-refractivity contribution is 7.09. The molecule has 0 saturated heterocycles. The Morgan fingerprint density at radius 3 is 2.88 bits per heavy atom. The lowest BCUT2D eigenvalue weighted by Crippen LogP contribution is -2.32. The van der Waals surface area contributed by atoms with Crippen LogP contribution in [-0.2, 0) is 11.3 Å². The molecule has 0 fully saturated rings.